The summed E-state index contributed by atoms with van der Waals surface area (Å²) in [4.78, 5) is 24.4. The average molecular weight is 344 g/mol. The maximum absolute atomic E-state index is 12.3. The fraction of sp³-hybridized carbons (Fsp3) is 0.0909. The van der Waals surface area contributed by atoms with Crippen LogP contribution in [0.25, 0.3) is 0 Å². The van der Waals surface area contributed by atoms with Gasteiger partial charge in [0, 0.05) is 24.2 Å². The Morgan fingerprint density at radius 2 is 1.08 bits per heavy atom. The van der Waals surface area contributed by atoms with Gasteiger partial charge in [-0.1, -0.05) is 60.7 Å². The minimum absolute atomic E-state index is 0.134. The Bertz CT molecular complexity index is 877. The molecule has 2 N–H and O–H groups in total. The lowest BCUT2D eigenvalue weighted by molar-refractivity contribution is 0.0945. The van der Waals surface area contributed by atoms with Crippen LogP contribution in [-0.4, -0.2) is 11.8 Å². The molecule has 4 nitrogen and oxygen atoms in total. The first-order valence-electron chi connectivity index (χ1n) is 8.47. The zero-order valence-electron chi connectivity index (χ0n) is 14.3. The van der Waals surface area contributed by atoms with Gasteiger partial charge in [-0.3, -0.25) is 9.59 Å². The molecule has 3 aromatic rings. The third-order valence-electron chi connectivity index (χ3n) is 3.97. The van der Waals surface area contributed by atoms with Gasteiger partial charge in [-0.05, 0) is 35.4 Å². The first-order chi connectivity index (χ1) is 12.7. The van der Waals surface area contributed by atoms with Gasteiger partial charge in [-0.2, -0.15) is 0 Å². The van der Waals surface area contributed by atoms with Gasteiger partial charge in [0.2, 0.25) is 0 Å². The lowest BCUT2D eigenvalue weighted by Gasteiger charge is -2.08. The summed E-state index contributed by atoms with van der Waals surface area (Å²) in [5.41, 5.74) is 3.12. The second-order valence-electron chi connectivity index (χ2n) is 5.92. The number of rotatable bonds is 6. The highest BCUT2D eigenvalue weighted by Gasteiger charge is 2.08. The molecule has 3 rings (SSSR count). The van der Waals surface area contributed by atoms with Crippen LogP contribution in [0, 0.1) is 0 Å². The van der Waals surface area contributed by atoms with E-state index in [0.29, 0.717) is 24.2 Å². The van der Waals surface area contributed by atoms with E-state index in [4.69, 9.17) is 0 Å². The van der Waals surface area contributed by atoms with Gasteiger partial charge in [-0.25, -0.2) is 0 Å². The summed E-state index contributed by atoms with van der Waals surface area (Å²) in [6, 6.07) is 26.1. The zero-order chi connectivity index (χ0) is 18.2. The Kier molecular flexibility index (Phi) is 5.78. The number of hydrogen-bond donors (Lipinski definition) is 2. The normalized spacial score (nSPS) is 10.2. The van der Waals surface area contributed by atoms with Crippen molar-refractivity contribution in [2.75, 3.05) is 0 Å². The number of hydrogen-bond acceptors (Lipinski definition) is 2. The van der Waals surface area contributed by atoms with Crippen LogP contribution in [0.1, 0.15) is 31.8 Å². The number of carbonyl (C=O) groups is 2. The van der Waals surface area contributed by atoms with Crippen molar-refractivity contribution < 1.29 is 9.59 Å². The summed E-state index contributed by atoms with van der Waals surface area (Å²) in [6.07, 6.45) is 0. The quantitative estimate of drug-likeness (QED) is 0.718. The van der Waals surface area contributed by atoms with Crippen LogP contribution in [0.2, 0.25) is 0 Å². The molecule has 26 heavy (non-hydrogen) atoms. The summed E-state index contributed by atoms with van der Waals surface area (Å²) in [5.74, 6) is -0.269. The lowest BCUT2D eigenvalue weighted by Crippen LogP contribution is -2.24. The van der Waals surface area contributed by atoms with Crippen molar-refractivity contribution >= 4 is 11.8 Å². The van der Waals surface area contributed by atoms with E-state index in [1.165, 1.54) is 0 Å². The smallest absolute Gasteiger partial charge is 0.251 e. The van der Waals surface area contributed by atoms with E-state index in [-0.39, 0.29) is 11.8 Å². The van der Waals surface area contributed by atoms with E-state index < -0.39 is 0 Å². The second kappa shape index (κ2) is 8.62. The second-order valence-corrected chi connectivity index (χ2v) is 5.92. The van der Waals surface area contributed by atoms with Gasteiger partial charge in [0.05, 0.1) is 0 Å². The van der Waals surface area contributed by atoms with Crippen molar-refractivity contribution in [2.24, 2.45) is 0 Å². The molecule has 0 spiro atoms. The van der Waals surface area contributed by atoms with Crippen LogP contribution >= 0.6 is 0 Å². The third kappa shape index (κ3) is 4.80. The summed E-state index contributed by atoms with van der Waals surface area (Å²) in [5, 5.41) is 5.78. The number of carbonyl (C=O) groups excluding carboxylic acids is 2. The molecule has 0 bridgehead atoms. The molecule has 0 aromatic heterocycles. The van der Waals surface area contributed by atoms with Gasteiger partial charge in [-0.15, -0.1) is 0 Å². The van der Waals surface area contributed by atoms with Crippen molar-refractivity contribution in [1.82, 2.24) is 10.6 Å². The van der Waals surface area contributed by atoms with E-state index in [0.717, 1.165) is 11.1 Å². The van der Waals surface area contributed by atoms with E-state index in [9.17, 15) is 9.59 Å². The van der Waals surface area contributed by atoms with E-state index in [1.54, 1.807) is 24.3 Å². The molecule has 0 aliphatic heterocycles. The van der Waals surface area contributed by atoms with Gasteiger partial charge in [0.1, 0.15) is 0 Å². The molecule has 0 aliphatic carbocycles. The fourth-order valence-corrected chi connectivity index (χ4v) is 2.58. The standard InChI is InChI=1S/C22H20N2O2/c25-21(19-11-5-2-6-12-19)24-16-18-10-7-13-20(14-18)22(26)23-15-17-8-3-1-4-9-17/h1-14H,15-16H2,(H,23,26)(H,24,25). The molecule has 4 heteroatoms. The average Bonchev–Trinajstić information content (AvgIpc) is 2.72. The lowest BCUT2D eigenvalue weighted by atomic mass is 10.1. The molecule has 0 fully saturated rings. The van der Waals surface area contributed by atoms with Crippen molar-refractivity contribution in [2.45, 2.75) is 13.1 Å². The minimum atomic E-state index is -0.135. The highest BCUT2D eigenvalue weighted by molar-refractivity contribution is 5.95. The van der Waals surface area contributed by atoms with E-state index >= 15 is 0 Å². The zero-order valence-corrected chi connectivity index (χ0v) is 14.3. The van der Waals surface area contributed by atoms with E-state index in [1.807, 2.05) is 60.7 Å². The van der Waals surface area contributed by atoms with Crippen LogP contribution in [0.5, 0.6) is 0 Å². The Balaban J connectivity index is 1.57. The Hall–Kier alpha value is -3.40. The third-order valence-corrected chi connectivity index (χ3v) is 3.97. The predicted molar refractivity (Wildman–Crippen MR) is 102 cm³/mol. The van der Waals surface area contributed by atoms with Crippen LogP contribution in [-0.2, 0) is 13.1 Å². The first kappa shape index (κ1) is 17.4. The van der Waals surface area contributed by atoms with Crippen LogP contribution < -0.4 is 10.6 Å². The van der Waals surface area contributed by atoms with Gasteiger partial charge < -0.3 is 10.6 Å². The largest absolute Gasteiger partial charge is 0.348 e. The van der Waals surface area contributed by atoms with Crippen molar-refractivity contribution in [1.29, 1.82) is 0 Å². The molecule has 0 radical (unpaired) electrons. The Morgan fingerprint density at radius 3 is 1.77 bits per heavy atom. The van der Waals surface area contributed by atoms with Crippen molar-refractivity contribution in [3.63, 3.8) is 0 Å². The molecule has 3 aromatic carbocycles. The number of nitrogens with one attached hydrogen (secondary N) is 2. The molecule has 0 saturated heterocycles. The molecule has 0 heterocycles. The number of amides is 2. The van der Waals surface area contributed by atoms with Crippen LogP contribution in [0.3, 0.4) is 0 Å². The Labute approximate surface area is 152 Å². The summed E-state index contributed by atoms with van der Waals surface area (Å²) in [7, 11) is 0. The Morgan fingerprint density at radius 1 is 0.577 bits per heavy atom. The highest BCUT2D eigenvalue weighted by Crippen LogP contribution is 2.07. The van der Waals surface area contributed by atoms with Gasteiger partial charge >= 0.3 is 0 Å². The summed E-state index contributed by atoms with van der Waals surface area (Å²) in [6.45, 7) is 0.849. The van der Waals surface area contributed by atoms with Gasteiger partial charge in [0.25, 0.3) is 11.8 Å². The molecular formula is C22H20N2O2. The predicted octanol–water partition coefficient (Wildman–Crippen LogP) is 3.55. The highest BCUT2D eigenvalue weighted by atomic mass is 16.2. The monoisotopic (exact) mass is 344 g/mol. The first-order valence-corrected chi connectivity index (χ1v) is 8.47. The fourth-order valence-electron chi connectivity index (χ4n) is 2.58. The summed E-state index contributed by atoms with van der Waals surface area (Å²) >= 11 is 0. The molecule has 130 valence electrons. The topological polar surface area (TPSA) is 58.2 Å². The van der Waals surface area contributed by atoms with Crippen molar-refractivity contribution in [3.05, 3.63) is 107 Å². The van der Waals surface area contributed by atoms with Crippen LogP contribution in [0.15, 0.2) is 84.9 Å². The minimum Gasteiger partial charge on any atom is -0.348 e. The molecule has 0 saturated carbocycles. The molecule has 0 unspecified atom stereocenters. The molecule has 0 atom stereocenters. The molecular weight excluding hydrogens is 324 g/mol. The summed E-state index contributed by atoms with van der Waals surface area (Å²) < 4.78 is 0. The number of benzene rings is 3. The van der Waals surface area contributed by atoms with Crippen LogP contribution in [0.4, 0.5) is 0 Å². The maximum atomic E-state index is 12.3. The van der Waals surface area contributed by atoms with Crippen molar-refractivity contribution in [3.8, 4) is 0 Å². The van der Waals surface area contributed by atoms with E-state index in [2.05, 4.69) is 10.6 Å². The molecule has 0 aliphatic rings. The maximum Gasteiger partial charge on any atom is 0.251 e. The molecule has 2 amide bonds. The van der Waals surface area contributed by atoms with Gasteiger partial charge in [0.15, 0.2) is 0 Å². The SMILES string of the molecule is O=C(NCc1cccc(C(=O)NCc2ccccc2)c1)c1ccccc1.